The van der Waals surface area contributed by atoms with Crippen molar-refractivity contribution in [1.29, 1.82) is 5.26 Å². The molecule has 1 amide bonds. The largest absolute Gasteiger partial charge is 0.381 e. The van der Waals surface area contributed by atoms with Gasteiger partial charge in [0.25, 0.3) is 0 Å². The van der Waals surface area contributed by atoms with Gasteiger partial charge in [0, 0.05) is 46.9 Å². The van der Waals surface area contributed by atoms with Crippen LogP contribution in [0, 0.1) is 18.3 Å². The zero-order chi connectivity index (χ0) is 17.8. The number of fused-ring (bicyclic) bond motifs is 1. The molecule has 3 rings (SSSR count). The summed E-state index contributed by atoms with van der Waals surface area (Å²) < 4.78 is 8.51. The van der Waals surface area contributed by atoms with Crippen molar-refractivity contribution in [3.63, 3.8) is 0 Å². The molecule has 0 bridgehead atoms. The number of carbonyl (C=O) groups is 1. The molecular weight excluding hydrogens is 382 g/mol. The average Bonchev–Trinajstić information content (AvgIpc) is 2.88. The van der Waals surface area contributed by atoms with Gasteiger partial charge in [0.05, 0.1) is 12.5 Å². The van der Waals surface area contributed by atoms with E-state index in [4.69, 9.17) is 10.00 Å². The van der Waals surface area contributed by atoms with E-state index >= 15 is 0 Å². The molecular formula is C19H22BrN3O2. The molecule has 0 N–H and O–H groups in total. The van der Waals surface area contributed by atoms with Crippen molar-refractivity contribution in [2.24, 2.45) is 0 Å². The lowest BCUT2D eigenvalue weighted by Crippen LogP contribution is -2.45. The van der Waals surface area contributed by atoms with Crippen molar-refractivity contribution in [2.45, 2.75) is 38.8 Å². The van der Waals surface area contributed by atoms with Crippen LogP contribution in [0.4, 0.5) is 0 Å². The van der Waals surface area contributed by atoms with Crippen molar-refractivity contribution in [2.75, 3.05) is 19.8 Å². The minimum atomic E-state index is 0.0681. The summed E-state index contributed by atoms with van der Waals surface area (Å²) >= 11 is 3.64. The highest BCUT2D eigenvalue weighted by Gasteiger charge is 2.26. The Balaban J connectivity index is 1.86. The molecule has 0 unspecified atom stereocenters. The van der Waals surface area contributed by atoms with Gasteiger partial charge in [-0.1, -0.05) is 18.2 Å². The molecule has 1 saturated heterocycles. The van der Waals surface area contributed by atoms with Gasteiger partial charge in [0.1, 0.15) is 6.54 Å². The van der Waals surface area contributed by atoms with Crippen molar-refractivity contribution in [3.05, 3.63) is 34.4 Å². The molecule has 0 radical (unpaired) electrons. The first-order chi connectivity index (χ1) is 12.1. The molecule has 1 aliphatic heterocycles. The lowest BCUT2D eigenvalue weighted by molar-refractivity contribution is -0.136. The van der Waals surface area contributed by atoms with Crippen LogP contribution in [-0.4, -0.2) is 41.2 Å². The van der Waals surface area contributed by atoms with E-state index in [2.05, 4.69) is 32.6 Å². The Hall–Kier alpha value is -1.84. The van der Waals surface area contributed by atoms with Crippen LogP contribution in [0.5, 0.6) is 0 Å². The monoisotopic (exact) mass is 403 g/mol. The van der Waals surface area contributed by atoms with Crippen molar-refractivity contribution < 1.29 is 9.53 Å². The lowest BCUT2D eigenvalue weighted by atomic mass is 10.1. The number of benzene rings is 1. The van der Waals surface area contributed by atoms with E-state index in [9.17, 15) is 4.79 Å². The average molecular weight is 404 g/mol. The minimum Gasteiger partial charge on any atom is -0.381 e. The first-order valence-electron chi connectivity index (χ1n) is 8.61. The molecule has 0 saturated carbocycles. The molecule has 5 nitrogen and oxygen atoms in total. The van der Waals surface area contributed by atoms with Crippen LogP contribution in [0.3, 0.4) is 0 Å². The molecule has 132 valence electrons. The number of hydrogen-bond donors (Lipinski definition) is 0. The maximum atomic E-state index is 13.1. The number of hydrogen-bond acceptors (Lipinski definition) is 3. The number of carbonyl (C=O) groups excluding carboxylic acids is 1. The SMILES string of the molecule is Cc1c(Br)c2ccccc2n1CC(=O)N(CCC#N)C1CCOCC1. The van der Waals surface area contributed by atoms with E-state index < -0.39 is 0 Å². The highest BCUT2D eigenvalue weighted by atomic mass is 79.9. The van der Waals surface area contributed by atoms with Gasteiger partial charge < -0.3 is 14.2 Å². The first kappa shape index (κ1) is 18.0. The van der Waals surface area contributed by atoms with E-state index in [1.807, 2.05) is 30.0 Å². The van der Waals surface area contributed by atoms with Crippen LogP contribution in [0.2, 0.25) is 0 Å². The molecule has 25 heavy (non-hydrogen) atoms. The van der Waals surface area contributed by atoms with Crippen molar-refractivity contribution >= 4 is 32.7 Å². The summed E-state index contributed by atoms with van der Waals surface area (Å²) in [5.41, 5.74) is 2.09. The van der Waals surface area contributed by atoms with E-state index in [1.165, 1.54) is 0 Å². The minimum absolute atomic E-state index is 0.0681. The molecule has 1 aliphatic rings. The van der Waals surface area contributed by atoms with E-state index in [1.54, 1.807) is 0 Å². The summed E-state index contributed by atoms with van der Waals surface area (Å²) in [6.07, 6.45) is 2.04. The Labute approximate surface area is 156 Å². The zero-order valence-corrected chi connectivity index (χ0v) is 16.0. The van der Waals surface area contributed by atoms with Crippen LogP contribution >= 0.6 is 15.9 Å². The standard InChI is InChI=1S/C19H22BrN3O2/c1-14-19(20)16-5-2-3-6-17(16)23(14)13-18(24)22(10-4-9-21)15-7-11-25-12-8-15/h2-3,5-6,15H,4,7-8,10-13H2,1H3. The smallest absolute Gasteiger partial charge is 0.242 e. The van der Waals surface area contributed by atoms with Crippen LogP contribution in [0.1, 0.15) is 25.0 Å². The van der Waals surface area contributed by atoms with E-state index in [0.717, 1.165) is 33.9 Å². The fraction of sp³-hybridized carbons (Fsp3) is 0.474. The second-order valence-electron chi connectivity index (χ2n) is 6.34. The summed E-state index contributed by atoms with van der Waals surface area (Å²) in [4.78, 5) is 14.9. The van der Waals surface area contributed by atoms with Gasteiger partial charge in [-0.2, -0.15) is 5.26 Å². The van der Waals surface area contributed by atoms with Gasteiger partial charge in [-0.05, 0) is 41.8 Å². The number of halogens is 1. The van der Waals surface area contributed by atoms with Gasteiger partial charge in [0.2, 0.25) is 5.91 Å². The van der Waals surface area contributed by atoms with Gasteiger partial charge in [-0.15, -0.1) is 0 Å². The third-order valence-corrected chi connectivity index (χ3v) is 5.86. The van der Waals surface area contributed by atoms with Gasteiger partial charge in [-0.3, -0.25) is 4.79 Å². The maximum absolute atomic E-state index is 13.1. The zero-order valence-electron chi connectivity index (χ0n) is 14.4. The Morgan fingerprint density at radius 1 is 1.40 bits per heavy atom. The lowest BCUT2D eigenvalue weighted by Gasteiger charge is -2.34. The van der Waals surface area contributed by atoms with Crippen molar-refractivity contribution in [1.82, 2.24) is 9.47 Å². The predicted octanol–water partition coefficient (Wildman–Crippen LogP) is 3.63. The molecule has 0 spiro atoms. The second kappa shape index (κ2) is 8.03. The topological polar surface area (TPSA) is 58.3 Å². The number of nitrogens with zero attached hydrogens (tertiary/aromatic N) is 3. The third-order valence-electron chi connectivity index (χ3n) is 4.86. The van der Waals surface area contributed by atoms with Gasteiger partial charge >= 0.3 is 0 Å². The summed E-state index contributed by atoms with van der Waals surface area (Å²) in [5.74, 6) is 0.0681. The predicted molar refractivity (Wildman–Crippen MR) is 100 cm³/mol. The van der Waals surface area contributed by atoms with Crippen LogP contribution < -0.4 is 0 Å². The van der Waals surface area contributed by atoms with Gasteiger partial charge in [0.15, 0.2) is 0 Å². The first-order valence-corrected chi connectivity index (χ1v) is 9.40. The number of ether oxygens (including phenoxy) is 1. The molecule has 0 atom stereocenters. The molecule has 2 heterocycles. The fourth-order valence-corrected chi connectivity index (χ4v) is 4.05. The molecule has 2 aromatic rings. The molecule has 1 fully saturated rings. The van der Waals surface area contributed by atoms with E-state index in [0.29, 0.717) is 32.7 Å². The van der Waals surface area contributed by atoms with Crippen LogP contribution in [0.25, 0.3) is 10.9 Å². The van der Waals surface area contributed by atoms with Crippen LogP contribution in [0.15, 0.2) is 28.7 Å². The maximum Gasteiger partial charge on any atom is 0.242 e. The Bertz CT molecular complexity index is 803. The van der Waals surface area contributed by atoms with Crippen molar-refractivity contribution in [3.8, 4) is 6.07 Å². The third kappa shape index (κ3) is 3.73. The van der Waals surface area contributed by atoms with E-state index in [-0.39, 0.29) is 11.9 Å². The summed E-state index contributed by atoms with van der Waals surface area (Å²) in [6.45, 7) is 4.15. The highest BCUT2D eigenvalue weighted by molar-refractivity contribution is 9.10. The Morgan fingerprint density at radius 2 is 2.12 bits per heavy atom. The molecule has 1 aromatic carbocycles. The molecule has 6 heteroatoms. The normalized spacial score (nSPS) is 15.2. The number of rotatable bonds is 5. The molecule has 1 aromatic heterocycles. The Kier molecular flexibility index (Phi) is 5.77. The number of nitriles is 1. The summed E-state index contributed by atoms with van der Waals surface area (Å²) in [5, 5.41) is 10.1. The number of aromatic nitrogens is 1. The second-order valence-corrected chi connectivity index (χ2v) is 7.13. The quantitative estimate of drug-likeness (QED) is 0.765. The number of amides is 1. The Morgan fingerprint density at radius 3 is 2.84 bits per heavy atom. The van der Waals surface area contributed by atoms with Crippen LogP contribution in [-0.2, 0) is 16.1 Å². The summed E-state index contributed by atoms with van der Waals surface area (Å²) in [7, 11) is 0. The highest BCUT2D eigenvalue weighted by Crippen LogP contribution is 2.30. The molecule has 0 aliphatic carbocycles. The van der Waals surface area contributed by atoms with Gasteiger partial charge in [-0.25, -0.2) is 0 Å². The summed E-state index contributed by atoms with van der Waals surface area (Å²) in [6, 6.07) is 10.4. The fourth-order valence-electron chi connectivity index (χ4n) is 3.50. The number of para-hydroxylation sites is 1.